The Kier molecular flexibility index (Phi) is 5.39. The van der Waals surface area contributed by atoms with Gasteiger partial charge in [-0.15, -0.1) is 0 Å². The van der Waals surface area contributed by atoms with Crippen LogP contribution >= 0.6 is 0 Å². The third-order valence-electron chi connectivity index (χ3n) is 3.23. The molecule has 20 heavy (non-hydrogen) atoms. The van der Waals surface area contributed by atoms with Crippen molar-refractivity contribution in [2.75, 3.05) is 18.5 Å². The van der Waals surface area contributed by atoms with E-state index in [-0.39, 0.29) is 12.6 Å². The van der Waals surface area contributed by atoms with E-state index >= 15 is 0 Å². The average molecular weight is 298 g/mol. The normalized spacial score (nSPS) is 15.2. The summed E-state index contributed by atoms with van der Waals surface area (Å²) < 4.78 is 26.6. The zero-order valence-electron chi connectivity index (χ0n) is 11.5. The minimum atomic E-state index is -3.35. The van der Waals surface area contributed by atoms with Crippen molar-refractivity contribution in [2.24, 2.45) is 0 Å². The fraction of sp³-hybridized carbons (Fsp3) is 0.571. The summed E-state index contributed by atoms with van der Waals surface area (Å²) in [6, 6.07) is 6.95. The molecule has 112 valence electrons. The molecular weight excluding hydrogens is 276 g/mol. The monoisotopic (exact) mass is 298 g/mol. The van der Waals surface area contributed by atoms with Crippen molar-refractivity contribution in [3.8, 4) is 0 Å². The van der Waals surface area contributed by atoms with Crippen molar-refractivity contribution in [1.82, 2.24) is 4.72 Å². The maximum Gasteiger partial charge on any atom is 0.240 e. The molecule has 0 bridgehead atoms. The molecule has 0 atom stereocenters. The van der Waals surface area contributed by atoms with E-state index in [1.807, 2.05) is 0 Å². The Morgan fingerprint density at radius 2 is 1.80 bits per heavy atom. The number of unbranched alkanes of at least 4 members (excludes halogenated alkanes) is 2. The lowest BCUT2D eigenvalue weighted by Crippen LogP contribution is -2.25. The highest BCUT2D eigenvalue weighted by atomic mass is 32.2. The first-order chi connectivity index (χ1) is 9.62. The van der Waals surface area contributed by atoms with Crippen LogP contribution in [-0.2, 0) is 10.0 Å². The van der Waals surface area contributed by atoms with Crippen LogP contribution in [0.15, 0.2) is 29.2 Å². The van der Waals surface area contributed by atoms with Crippen LogP contribution in [0.2, 0.25) is 0 Å². The summed E-state index contributed by atoms with van der Waals surface area (Å²) in [7, 11) is -3.35. The third-order valence-corrected chi connectivity index (χ3v) is 4.76. The van der Waals surface area contributed by atoms with Gasteiger partial charge in [-0.3, -0.25) is 0 Å². The van der Waals surface area contributed by atoms with E-state index in [1.165, 1.54) is 0 Å². The molecule has 0 aromatic heterocycles. The number of anilines is 1. The molecule has 1 aromatic carbocycles. The summed E-state index contributed by atoms with van der Waals surface area (Å²) in [6.45, 7) is 1.06. The highest BCUT2D eigenvalue weighted by Crippen LogP contribution is 2.22. The van der Waals surface area contributed by atoms with Crippen LogP contribution in [0.3, 0.4) is 0 Å². The molecule has 0 aliphatic heterocycles. The lowest BCUT2D eigenvalue weighted by Gasteiger charge is -2.08. The smallest absolute Gasteiger partial charge is 0.240 e. The van der Waals surface area contributed by atoms with Gasteiger partial charge in [0.2, 0.25) is 10.0 Å². The molecule has 3 N–H and O–H groups in total. The second-order valence-corrected chi connectivity index (χ2v) is 6.84. The van der Waals surface area contributed by atoms with Gasteiger partial charge in [0.1, 0.15) is 0 Å². The number of rotatable bonds is 9. The number of hydrogen-bond acceptors (Lipinski definition) is 4. The van der Waals surface area contributed by atoms with Crippen LogP contribution in [0.1, 0.15) is 32.1 Å². The van der Waals surface area contributed by atoms with Gasteiger partial charge in [0, 0.05) is 24.9 Å². The second-order valence-electron chi connectivity index (χ2n) is 5.13. The van der Waals surface area contributed by atoms with Crippen LogP contribution in [0, 0.1) is 0 Å². The van der Waals surface area contributed by atoms with Crippen molar-refractivity contribution in [1.29, 1.82) is 0 Å². The summed E-state index contributed by atoms with van der Waals surface area (Å²) in [5.74, 6) is 0. The highest BCUT2D eigenvalue weighted by molar-refractivity contribution is 7.89. The van der Waals surface area contributed by atoms with Crippen LogP contribution < -0.4 is 10.0 Å². The van der Waals surface area contributed by atoms with Crippen LogP contribution in [0.4, 0.5) is 5.69 Å². The van der Waals surface area contributed by atoms with Crippen molar-refractivity contribution in [3.05, 3.63) is 24.3 Å². The first kappa shape index (κ1) is 15.3. The Balaban J connectivity index is 1.82. The summed E-state index contributed by atoms with van der Waals surface area (Å²) in [5.41, 5.74) is 0.916. The van der Waals surface area contributed by atoms with Gasteiger partial charge in [-0.2, -0.15) is 0 Å². The number of nitrogens with one attached hydrogen (secondary N) is 2. The predicted molar refractivity (Wildman–Crippen MR) is 79.2 cm³/mol. The lowest BCUT2D eigenvalue weighted by molar-refractivity contribution is 0.283. The summed E-state index contributed by atoms with van der Waals surface area (Å²) in [6.07, 6.45) is 4.68. The number of aliphatic hydroxyl groups excluding tert-OH is 1. The molecule has 0 radical (unpaired) electrons. The van der Waals surface area contributed by atoms with E-state index in [0.717, 1.165) is 44.3 Å². The molecule has 0 unspecified atom stereocenters. The van der Waals surface area contributed by atoms with Crippen molar-refractivity contribution in [2.45, 2.75) is 43.0 Å². The first-order valence-corrected chi connectivity index (χ1v) is 8.57. The Morgan fingerprint density at radius 1 is 1.10 bits per heavy atom. The molecule has 0 saturated heterocycles. The third kappa shape index (κ3) is 4.77. The molecule has 1 saturated carbocycles. The zero-order chi connectivity index (χ0) is 14.4. The van der Waals surface area contributed by atoms with E-state index < -0.39 is 10.0 Å². The molecule has 0 amide bonds. The van der Waals surface area contributed by atoms with Gasteiger partial charge in [0.25, 0.3) is 0 Å². The standard InChI is InChI=1S/C14H22N2O3S/c17-11-3-1-2-10-15-12-6-8-14(9-7-12)20(18,19)16-13-4-5-13/h6-9,13,15-17H,1-5,10-11H2. The molecule has 0 heterocycles. The van der Waals surface area contributed by atoms with Crippen LogP contribution in [0.25, 0.3) is 0 Å². The van der Waals surface area contributed by atoms with Gasteiger partial charge >= 0.3 is 0 Å². The Hall–Kier alpha value is -1.11. The molecule has 1 aromatic rings. The van der Waals surface area contributed by atoms with Crippen LogP contribution in [0.5, 0.6) is 0 Å². The van der Waals surface area contributed by atoms with Gasteiger partial charge < -0.3 is 10.4 Å². The van der Waals surface area contributed by atoms with Crippen molar-refractivity contribution >= 4 is 15.7 Å². The Bertz CT molecular complexity index is 510. The predicted octanol–water partition coefficient (Wildman–Crippen LogP) is 1.70. The summed E-state index contributed by atoms with van der Waals surface area (Å²) in [5, 5.41) is 11.9. The second kappa shape index (κ2) is 7.06. The van der Waals surface area contributed by atoms with Gasteiger partial charge in [0.15, 0.2) is 0 Å². The maximum absolute atomic E-state index is 12.0. The first-order valence-electron chi connectivity index (χ1n) is 7.09. The minimum absolute atomic E-state index is 0.129. The van der Waals surface area contributed by atoms with E-state index in [4.69, 9.17) is 5.11 Å². The minimum Gasteiger partial charge on any atom is -0.396 e. The average Bonchev–Trinajstić information content (AvgIpc) is 3.22. The number of aliphatic hydroxyl groups is 1. The molecule has 1 aliphatic carbocycles. The number of benzene rings is 1. The highest BCUT2D eigenvalue weighted by Gasteiger charge is 2.27. The van der Waals surface area contributed by atoms with Crippen molar-refractivity contribution < 1.29 is 13.5 Å². The number of hydrogen-bond donors (Lipinski definition) is 3. The Morgan fingerprint density at radius 3 is 2.40 bits per heavy atom. The van der Waals surface area contributed by atoms with E-state index in [1.54, 1.807) is 24.3 Å². The van der Waals surface area contributed by atoms with Crippen LogP contribution in [-0.4, -0.2) is 32.7 Å². The fourth-order valence-electron chi connectivity index (χ4n) is 1.89. The lowest BCUT2D eigenvalue weighted by atomic mass is 10.2. The topological polar surface area (TPSA) is 78.4 Å². The van der Waals surface area contributed by atoms with E-state index in [9.17, 15) is 8.42 Å². The van der Waals surface area contributed by atoms with E-state index in [2.05, 4.69) is 10.0 Å². The van der Waals surface area contributed by atoms with Gasteiger partial charge in [-0.1, -0.05) is 0 Å². The number of sulfonamides is 1. The molecule has 1 aliphatic rings. The molecular formula is C14H22N2O3S. The van der Waals surface area contributed by atoms with Crippen molar-refractivity contribution in [3.63, 3.8) is 0 Å². The zero-order valence-corrected chi connectivity index (χ0v) is 12.3. The van der Waals surface area contributed by atoms with Gasteiger partial charge in [0.05, 0.1) is 4.90 Å². The summed E-state index contributed by atoms with van der Waals surface area (Å²) in [4.78, 5) is 0.315. The molecule has 2 rings (SSSR count). The molecule has 5 nitrogen and oxygen atoms in total. The van der Waals surface area contributed by atoms with E-state index in [0.29, 0.717) is 4.90 Å². The maximum atomic E-state index is 12.0. The SMILES string of the molecule is O=S(=O)(NC1CC1)c1ccc(NCCCCCO)cc1. The fourth-order valence-corrected chi connectivity index (χ4v) is 3.19. The molecule has 6 heteroatoms. The largest absolute Gasteiger partial charge is 0.396 e. The Labute approximate surface area is 120 Å². The summed E-state index contributed by atoms with van der Waals surface area (Å²) >= 11 is 0. The molecule has 0 spiro atoms. The molecule has 1 fully saturated rings. The van der Waals surface area contributed by atoms with Gasteiger partial charge in [-0.05, 0) is 56.4 Å². The van der Waals surface area contributed by atoms with Gasteiger partial charge in [-0.25, -0.2) is 13.1 Å². The quantitative estimate of drug-likeness (QED) is 0.606.